The van der Waals surface area contributed by atoms with Gasteiger partial charge in [-0.2, -0.15) is 0 Å². The molecular formula is C42H79O12P. The number of carbonyl (C=O) groups excluding carboxylic acids is 1. The molecule has 1 aliphatic rings. The molecule has 0 bridgehead atoms. The Hall–Kier alpha value is -1.18. The average molecular weight is 807 g/mol. The van der Waals surface area contributed by atoms with Gasteiger partial charge in [-0.05, 0) is 38.5 Å². The number of ether oxygens (including phenoxy) is 2. The monoisotopic (exact) mass is 807 g/mol. The van der Waals surface area contributed by atoms with Crippen LogP contribution in [0, 0.1) is 0 Å². The molecule has 0 aromatic carbocycles. The van der Waals surface area contributed by atoms with Crippen LogP contribution in [0.3, 0.4) is 0 Å². The van der Waals surface area contributed by atoms with Crippen LogP contribution >= 0.6 is 7.82 Å². The summed E-state index contributed by atoms with van der Waals surface area (Å²) in [5.41, 5.74) is 0. The number of carbonyl (C=O) groups is 1. The molecule has 6 N–H and O–H groups in total. The highest BCUT2D eigenvalue weighted by Crippen LogP contribution is 2.47. The molecule has 55 heavy (non-hydrogen) atoms. The maximum Gasteiger partial charge on any atom is 0.472 e. The minimum absolute atomic E-state index is 0.0788. The number of allylic oxidation sites excluding steroid dienone is 4. The third-order valence-electron chi connectivity index (χ3n) is 10.1. The molecule has 1 rings (SSSR count). The molecule has 0 amide bonds. The second kappa shape index (κ2) is 33.8. The van der Waals surface area contributed by atoms with Gasteiger partial charge in [0.25, 0.3) is 0 Å². The van der Waals surface area contributed by atoms with E-state index in [9.17, 15) is 39.8 Å². The molecule has 0 heterocycles. The molecule has 6 unspecified atom stereocenters. The standard InChI is InChI=1S/C42H79O12P/c1-3-5-7-9-11-13-15-17-19-21-23-25-27-29-31-36(43)53-35(33-51-32-30-28-26-24-22-20-18-16-14-12-10-8-6-4-2)34-52-55(49,50)54-42-40(47)38(45)37(44)39(46)41(42)48/h9,11,15,17,35,37-42,44-48H,3-8,10,12-14,16,18-34H2,1-2H3,(H,49,50)/b11-9-,17-15-/t35-,37?,38-,39?,40?,41?,42?/m1/s1. The van der Waals surface area contributed by atoms with Crippen LogP contribution in [0.5, 0.6) is 0 Å². The molecule has 0 aromatic heterocycles. The van der Waals surface area contributed by atoms with Crippen molar-refractivity contribution >= 4 is 13.8 Å². The molecule has 12 nitrogen and oxygen atoms in total. The first-order valence-corrected chi connectivity index (χ1v) is 23.2. The van der Waals surface area contributed by atoms with Gasteiger partial charge in [0.2, 0.25) is 0 Å². The quantitative estimate of drug-likeness (QED) is 0.0154. The molecule has 0 aliphatic heterocycles. The zero-order chi connectivity index (χ0) is 40.6. The number of aliphatic hydroxyl groups is 5. The van der Waals surface area contributed by atoms with Crippen LogP contribution in [-0.4, -0.2) is 98.9 Å². The number of hydrogen-bond acceptors (Lipinski definition) is 11. The van der Waals surface area contributed by atoms with Crippen molar-refractivity contribution < 1.29 is 58.3 Å². The van der Waals surface area contributed by atoms with Crippen molar-refractivity contribution in [3.8, 4) is 0 Å². The number of phosphoric ester groups is 1. The van der Waals surface area contributed by atoms with Crippen LogP contribution in [0.2, 0.25) is 0 Å². The molecule has 1 fully saturated rings. The fourth-order valence-electron chi connectivity index (χ4n) is 6.55. The minimum Gasteiger partial charge on any atom is -0.457 e. The third-order valence-corrected chi connectivity index (χ3v) is 11.1. The summed E-state index contributed by atoms with van der Waals surface area (Å²) in [6, 6.07) is 0. The van der Waals surface area contributed by atoms with E-state index in [1.165, 1.54) is 83.5 Å². The number of phosphoric acid groups is 1. The average Bonchev–Trinajstić information content (AvgIpc) is 3.17. The van der Waals surface area contributed by atoms with Crippen LogP contribution in [0.1, 0.15) is 174 Å². The highest BCUT2D eigenvalue weighted by Gasteiger charge is 2.51. The summed E-state index contributed by atoms with van der Waals surface area (Å²) in [5.74, 6) is -0.490. The first kappa shape index (κ1) is 51.8. The Morgan fingerprint density at radius 1 is 0.582 bits per heavy atom. The number of hydrogen-bond donors (Lipinski definition) is 6. The predicted molar refractivity (Wildman–Crippen MR) is 216 cm³/mol. The Morgan fingerprint density at radius 2 is 1.04 bits per heavy atom. The van der Waals surface area contributed by atoms with Crippen molar-refractivity contribution in [1.82, 2.24) is 0 Å². The molecule has 8 atom stereocenters. The van der Waals surface area contributed by atoms with Crippen LogP contribution in [0.15, 0.2) is 24.3 Å². The summed E-state index contributed by atoms with van der Waals surface area (Å²) in [7, 11) is -5.01. The molecular weight excluding hydrogens is 727 g/mol. The topological polar surface area (TPSA) is 192 Å². The van der Waals surface area contributed by atoms with E-state index in [-0.39, 0.29) is 13.0 Å². The number of aliphatic hydroxyl groups excluding tert-OH is 5. The lowest BCUT2D eigenvalue weighted by atomic mass is 9.85. The second-order valence-electron chi connectivity index (χ2n) is 15.2. The number of unbranched alkanes of at least 4 members (excludes halogenated alkanes) is 20. The van der Waals surface area contributed by atoms with E-state index in [1.54, 1.807) is 0 Å². The first-order valence-electron chi connectivity index (χ1n) is 21.7. The van der Waals surface area contributed by atoms with Crippen LogP contribution in [-0.2, 0) is 27.9 Å². The van der Waals surface area contributed by atoms with Crippen LogP contribution < -0.4 is 0 Å². The second-order valence-corrected chi connectivity index (χ2v) is 16.6. The predicted octanol–water partition coefficient (Wildman–Crippen LogP) is 8.14. The van der Waals surface area contributed by atoms with E-state index >= 15 is 0 Å². The Morgan fingerprint density at radius 3 is 1.58 bits per heavy atom. The Kier molecular flexibility index (Phi) is 31.8. The Labute approximate surface area is 332 Å². The molecule has 324 valence electrons. The van der Waals surface area contributed by atoms with E-state index in [0.717, 1.165) is 64.2 Å². The van der Waals surface area contributed by atoms with Crippen molar-refractivity contribution in [3.05, 3.63) is 24.3 Å². The first-order chi connectivity index (χ1) is 26.5. The lowest BCUT2D eigenvalue weighted by Gasteiger charge is -2.41. The summed E-state index contributed by atoms with van der Waals surface area (Å²) in [4.78, 5) is 23.1. The molecule has 0 aromatic rings. The zero-order valence-electron chi connectivity index (χ0n) is 34.2. The maximum absolute atomic E-state index is 12.8. The number of esters is 1. The summed E-state index contributed by atoms with van der Waals surface area (Å²) >= 11 is 0. The van der Waals surface area contributed by atoms with Gasteiger partial charge in [0.05, 0.1) is 13.2 Å². The van der Waals surface area contributed by atoms with Crippen molar-refractivity contribution in [2.75, 3.05) is 19.8 Å². The van der Waals surface area contributed by atoms with Crippen molar-refractivity contribution in [3.63, 3.8) is 0 Å². The molecule has 0 spiro atoms. The largest absolute Gasteiger partial charge is 0.472 e. The van der Waals surface area contributed by atoms with Crippen molar-refractivity contribution in [1.29, 1.82) is 0 Å². The van der Waals surface area contributed by atoms with Gasteiger partial charge in [0, 0.05) is 13.0 Å². The van der Waals surface area contributed by atoms with E-state index in [4.69, 9.17) is 18.5 Å². The van der Waals surface area contributed by atoms with Gasteiger partial charge in [-0.3, -0.25) is 13.8 Å². The molecule has 13 heteroatoms. The lowest BCUT2D eigenvalue weighted by Crippen LogP contribution is -2.64. The Bertz CT molecular complexity index is 1010. The lowest BCUT2D eigenvalue weighted by molar-refractivity contribution is -0.220. The minimum atomic E-state index is -5.01. The van der Waals surface area contributed by atoms with Crippen LogP contribution in [0.4, 0.5) is 0 Å². The fraction of sp³-hybridized carbons (Fsp3) is 0.881. The fourth-order valence-corrected chi connectivity index (χ4v) is 7.52. The van der Waals surface area contributed by atoms with Gasteiger partial charge in [-0.15, -0.1) is 0 Å². The van der Waals surface area contributed by atoms with Gasteiger partial charge in [0.1, 0.15) is 42.7 Å². The summed E-state index contributed by atoms with van der Waals surface area (Å²) in [6.45, 7) is 4.20. The molecule has 1 aliphatic carbocycles. The molecule has 1 saturated carbocycles. The van der Waals surface area contributed by atoms with Gasteiger partial charge >= 0.3 is 13.8 Å². The molecule has 0 saturated heterocycles. The van der Waals surface area contributed by atoms with Crippen molar-refractivity contribution in [2.24, 2.45) is 0 Å². The van der Waals surface area contributed by atoms with E-state index in [1.807, 2.05) is 0 Å². The van der Waals surface area contributed by atoms with E-state index in [2.05, 4.69) is 38.2 Å². The summed E-state index contributed by atoms with van der Waals surface area (Å²) in [5, 5.41) is 50.1. The normalized spacial score (nSPS) is 23.4. The number of rotatable bonds is 36. The Balaban J connectivity index is 2.44. The van der Waals surface area contributed by atoms with Gasteiger partial charge in [-0.1, -0.05) is 154 Å². The van der Waals surface area contributed by atoms with Gasteiger partial charge in [0.15, 0.2) is 0 Å². The summed E-state index contributed by atoms with van der Waals surface area (Å²) < 4.78 is 34.1. The highest BCUT2D eigenvalue weighted by atomic mass is 31.2. The third kappa shape index (κ3) is 26.4. The SMILES string of the molecule is CCCC/C=C\C/C=C\CCCCCCCC(=O)O[C@H](COCCCCCCCCCCCCCCCC)COP(=O)(O)OC1C(O)C(O)C(O)[C@@H](O)C1O. The molecule has 0 radical (unpaired) electrons. The van der Waals surface area contributed by atoms with Gasteiger partial charge < -0.3 is 39.9 Å². The van der Waals surface area contributed by atoms with E-state index < -0.39 is 63.1 Å². The maximum atomic E-state index is 12.8. The van der Waals surface area contributed by atoms with Gasteiger partial charge in [-0.25, -0.2) is 4.57 Å². The zero-order valence-corrected chi connectivity index (χ0v) is 35.1. The van der Waals surface area contributed by atoms with E-state index in [0.29, 0.717) is 13.0 Å². The van der Waals surface area contributed by atoms with Crippen LogP contribution in [0.25, 0.3) is 0 Å². The smallest absolute Gasteiger partial charge is 0.457 e. The van der Waals surface area contributed by atoms with Crippen molar-refractivity contribution in [2.45, 2.75) is 217 Å². The highest BCUT2D eigenvalue weighted by molar-refractivity contribution is 7.47. The summed E-state index contributed by atoms with van der Waals surface area (Å²) in [6.07, 6.45) is 23.9.